The molecule has 0 bridgehead atoms. The largest absolute Gasteiger partial charge is 0.370 e. The van der Waals surface area contributed by atoms with Gasteiger partial charge < -0.3 is 10.1 Å². The molecule has 66 valence electrons. The summed E-state index contributed by atoms with van der Waals surface area (Å²) in [6, 6.07) is 1.98. The second-order valence-corrected chi connectivity index (χ2v) is 4.11. The molecular weight excluding hydrogens is 194 g/mol. The Bertz CT molecular complexity index is 257. The summed E-state index contributed by atoms with van der Waals surface area (Å²) in [5.74, 6) is 0. The van der Waals surface area contributed by atoms with Gasteiger partial charge >= 0.3 is 0 Å². The fourth-order valence-corrected chi connectivity index (χ4v) is 2.38. The van der Waals surface area contributed by atoms with Gasteiger partial charge in [0.25, 0.3) is 0 Å². The van der Waals surface area contributed by atoms with Gasteiger partial charge in [-0.15, -0.1) is 11.3 Å². The number of halogens is 1. The van der Waals surface area contributed by atoms with Gasteiger partial charge in [-0.2, -0.15) is 0 Å². The lowest BCUT2D eigenvalue weighted by Gasteiger charge is -2.22. The number of morpholine rings is 1. The molecule has 1 unspecified atom stereocenters. The van der Waals surface area contributed by atoms with Crippen LogP contribution in [0.25, 0.3) is 0 Å². The number of hydrogen-bond donors (Lipinski definition) is 1. The predicted octanol–water partition coefficient (Wildman–Crippen LogP) is 2.06. The Hall–Kier alpha value is -0.0900. The highest BCUT2D eigenvalue weighted by atomic mass is 35.5. The van der Waals surface area contributed by atoms with Crippen LogP contribution >= 0.6 is 22.9 Å². The van der Waals surface area contributed by atoms with Gasteiger partial charge in [0, 0.05) is 23.3 Å². The minimum atomic E-state index is 0.205. The number of hydrogen-bond acceptors (Lipinski definition) is 3. The summed E-state index contributed by atoms with van der Waals surface area (Å²) in [6.07, 6.45) is 0.205. The molecule has 2 rings (SSSR count). The van der Waals surface area contributed by atoms with Crippen molar-refractivity contribution in [2.45, 2.75) is 6.10 Å². The van der Waals surface area contributed by atoms with Gasteiger partial charge in [-0.05, 0) is 6.07 Å². The molecule has 1 aliphatic heterocycles. The average Bonchev–Trinajstić information content (AvgIpc) is 2.54. The molecule has 0 spiro atoms. The molecule has 0 amide bonds. The molecule has 1 atom stereocenters. The first-order valence-electron chi connectivity index (χ1n) is 3.92. The summed E-state index contributed by atoms with van der Waals surface area (Å²) in [7, 11) is 0. The molecule has 1 N–H and O–H groups in total. The third-order valence-corrected chi connectivity index (χ3v) is 3.20. The van der Waals surface area contributed by atoms with E-state index in [0.717, 1.165) is 24.7 Å². The lowest BCUT2D eigenvalue weighted by molar-refractivity contribution is 0.0300. The minimum absolute atomic E-state index is 0.205. The monoisotopic (exact) mass is 203 g/mol. The van der Waals surface area contributed by atoms with E-state index >= 15 is 0 Å². The third kappa shape index (κ3) is 1.80. The van der Waals surface area contributed by atoms with E-state index in [2.05, 4.69) is 5.32 Å². The van der Waals surface area contributed by atoms with Gasteiger partial charge in [-0.1, -0.05) is 11.6 Å². The molecule has 1 aromatic heterocycles. The van der Waals surface area contributed by atoms with Crippen LogP contribution in [0.2, 0.25) is 5.02 Å². The first kappa shape index (κ1) is 8.51. The first-order chi connectivity index (χ1) is 5.86. The molecule has 2 nitrogen and oxygen atoms in total. The van der Waals surface area contributed by atoms with Crippen LogP contribution in [-0.2, 0) is 4.74 Å². The highest BCUT2D eigenvalue weighted by Gasteiger charge is 2.16. The van der Waals surface area contributed by atoms with Crippen molar-refractivity contribution >= 4 is 22.9 Å². The topological polar surface area (TPSA) is 21.3 Å². The Balaban J connectivity index is 2.08. The van der Waals surface area contributed by atoms with E-state index in [4.69, 9.17) is 16.3 Å². The van der Waals surface area contributed by atoms with Gasteiger partial charge in [-0.3, -0.25) is 0 Å². The molecule has 0 aliphatic carbocycles. The van der Waals surface area contributed by atoms with E-state index in [1.807, 2.05) is 11.4 Å². The highest BCUT2D eigenvalue weighted by molar-refractivity contribution is 7.10. The van der Waals surface area contributed by atoms with Crippen molar-refractivity contribution < 1.29 is 4.74 Å². The molecule has 0 saturated carbocycles. The van der Waals surface area contributed by atoms with Crippen molar-refractivity contribution in [2.75, 3.05) is 19.7 Å². The second kappa shape index (κ2) is 3.75. The summed E-state index contributed by atoms with van der Waals surface area (Å²) in [5, 5.41) is 6.03. The molecule has 1 fully saturated rings. The highest BCUT2D eigenvalue weighted by Crippen LogP contribution is 2.27. The summed E-state index contributed by atoms with van der Waals surface area (Å²) in [5.41, 5.74) is 0. The van der Waals surface area contributed by atoms with Crippen LogP contribution in [0.3, 0.4) is 0 Å². The van der Waals surface area contributed by atoms with Crippen LogP contribution in [0.1, 0.15) is 11.0 Å². The summed E-state index contributed by atoms with van der Waals surface area (Å²) < 4.78 is 5.57. The Morgan fingerprint density at radius 3 is 3.17 bits per heavy atom. The van der Waals surface area contributed by atoms with Gasteiger partial charge in [0.15, 0.2) is 0 Å². The average molecular weight is 204 g/mol. The van der Waals surface area contributed by atoms with Crippen molar-refractivity contribution in [3.8, 4) is 0 Å². The maximum absolute atomic E-state index is 5.81. The number of thiophene rings is 1. The third-order valence-electron chi connectivity index (χ3n) is 1.83. The van der Waals surface area contributed by atoms with Crippen molar-refractivity contribution in [1.82, 2.24) is 5.32 Å². The molecule has 0 radical (unpaired) electrons. The van der Waals surface area contributed by atoms with Crippen LogP contribution in [0.15, 0.2) is 11.4 Å². The number of ether oxygens (including phenoxy) is 1. The van der Waals surface area contributed by atoms with Crippen LogP contribution < -0.4 is 5.32 Å². The lowest BCUT2D eigenvalue weighted by Crippen LogP contribution is -2.32. The fraction of sp³-hybridized carbons (Fsp3) is 0.500. The summed E-state index contributed by atoms with van der Waals surface area (Å²) in [6.45, 7) is 2.65. The Morgan fingerprint density at radius 2 is 2.58 bits per heavy atom. The second-order valence-electron chi connectivity index (χ2n) is 2.73. The summed E-state index contributed by atoms with van der Waals surface area (Å²) >= 11 is 7.47. The van der Waals surface area contributed by atoms with Crippen LogP contribution in [0, 0.1) is 0 Å². The standard InChI is InChI=1S/C8H10ClNOS/c9-6-3-8(12-5-6)7-4-10-1-2-11-7/h3,5,7,10H,1-2,4H2. The molecule has 1 aliphatic rings. The van der Waals surface area contributed by atoms with E-state index in [-0.39, 0.29) is 6.10 Å². The maximum Gasteiger partial charge on any atom is 0.104 e. The van der Waals surface area contributed by atoms with E-state index in [1.165, 1.54) is 4.88 Å². The fourth-order valence-electron chi connectivity index (χ4n) is 1.25. The quantitative estimate of drug-likeness (QED) is 0.755. The van der Waals surface area contributed by atoms with Gasteiger partial charge in [0.2, 0.25) is 0 Å². The molecule has 4 heteroatoms. The number of nitrogens with one attached hydrogen (secondary N) is 1. The van der Waals surface area contributed by atoms with Crippen LogP contribution in [0.4, 0.5) is 0 Å². The van der Waals surface area contributed by atoms with Crippen molar-refractivity contribution in [3.05, 3.63) is 21.3 Å². The zero-order chi connectivity index (χ0) is 8.39. The predicted molar refractivity (Wildman–Crippen MR) is 50.9 cm³/mol. The Labute approximate surface area is 80.5 Å². The Kier molecular flexibility index (Phi) is 2.66. The van der Waals surface area contributed by atoms with E-state index < -0.39 is 0 Å². The SMILES string of the molecule is Clc1csc(C2CNCCO2)c1. The molecule has 1 saturated heterocycles. The van der Waals surface area contributed by atoms with Gasteiger partial charge in [-0.25, -0.2) is 0 Å². The van der Waals surface area contributed by atoms with E-state index in [9.17, 15) is 0 Å². The molecule has 12 heavy (non-hydrogen) atoms. The maximum atomic E-state index is 5.81. The smallest absolute Gasteiger partial charge is 0.104 e. The lowest BCUT2D eigenvalue weighted by atomic mass is 10.2. The van der Waals surface area contributed by atoms with E-state index in [0.29, 0.717) is 0 Å². The molecule has 1 aromatic rings. The van der Waals surface area contributed by atoms with Crippen LogP contribution in [0.5, 0.6) is 0 Å². The number of rotatable bonds is 1. The summed E-state index contributed by atoms with van der Waals surface area (Å²) in [4.78, 5) is 1.22. The van der Waals surface area contributed by atoms with Crippen molar-refractivity contribution in [2.24, 2.45) is 0 Å². The zero-order valence-corrected chi connectivity index (χ0v) is 8.12. The van der Waals surface area contributed by atoms with E-state index in [1.54, 1.807) is 11.3 Å². The normalized spacial score (nSPS) is 24.2. The van der Waals surface area contributed by atoms with Crippen molar-refractivity contribution in [1.29, 1.82) is 0 Å². The zero-order valence-electron chi connectivity index (χ0n) is 6.55. The Morgan fingerprint density at radius 1 is 1.67 bits per heavy atom. The first-order valence-corrected chi connectivity index (χ1v) is 5.18. The van der Waals surface area contributed by atoms with Crippen molar-refractivity contribution in [3.63, 3.8) is 0 Å². The molecular formula is C8H10ClNOS. The van der Waals surface area contributed by atoms with Crippen LogP contribution in [-0.4, -0.2) is 19.7 Å². The minimum Gasteiger partial charge on any atom is -0.370 e. The van der Waals surface area contributed by atoms with Gasteiger partial charge in [0.1, 0.15) is 6.10 Å². The van der Waals surface area contributed by atoms with Gasteiger partial charge in [0.05, 0.1) is 11.6 Å². The molecule has 2 heterocycles. The molecule has 0 aromatic carbocycles.